The Morgan fingerprint density at radius 1 is 1.28 bits per heavy atom. The maximum Gasteiger partial charge on any atom is 0.163 e. The summed E-state index contributed by atoms with van der Waals surface area (Å²) >= 11 is 1.75. The van der Waals surface area contributed by atoms with Gasteiger partial charge in [0.25, 0.3) is 0 Å². The molecule has 144 valence electrons. The lowest BCUT2D eigenvalue weighted by atomic mass is 10.2. The molecule has 0 aliphatic heterocycles. The summed E-state index contributed by atoms with van der Waals surface area (Å²) in [5.41, 5.74) is -0.296. The first kappa shape index (κ1) is 22.9. The molecule has 3 nitrogen and oxygen atoms in total. The summed E-state index contributed by atoms with van der Waals surface area (Å²) in [5.74, 6) is 2.36. The van der Waals surface area contributed by atoms with Crippen LogP contribution in [0.5, 0.6) is 0 Å². The van der Waals surface area contributed by atoms with Crippen molar-refractivity contribution in [3.63, 3.8) is 0 Å². The van der Waals surface area contributed by atoms with E-state index in [1.54, 1.807) is 6.07 Å². The van der Waals surface area contributed by atoms with Crippen LogP contribution in [0.25, 0.3) is 0 Å². The predicted octanol–water partition coefficient (Wildman–Crippen LogP) is 5.43. The van der Waals surface area contributed by atoms with Gasteiger partial charge in [-0.2, -0.15) is 0 Å². The van der Waals surface area contributed by atoms with Crippen molar-refractivity contribution in [2.24, 2.45) is 4.40 Å². The van der Waals surface area contributed by atoms with E-state index in [2.05, 4.69) is 46.1 Å². The summed E-state index contributed by atoms with van der Waals surface area (Å²) < 4.78 is 45.1. The van der Waals surface area contributed by atoms with Crippen LogP contribution in [-0.2, 0) is 11.4 Å². The minimum absolute atomic E-state index is 0.121. The van der Waals surface area contributed by atoms with Crippen molar-refractivity contribution in [2.75, 3.05) is 29.7 Å². The molecule has 0 saturated carbocycles. The fourth-order valence-electron chi connectivity index (χ4n) is 2.63. The lowest BCUT2D eigenvalue weighted by molar-refractivity contribution is 0.564. The highest BCUT2D eigenvalue weighted by molar-refractivity contribution is 9.10. The molecule has 0 aromatic carbocycles. The average molecular weight is 457 g/mol. The molecule has 0 amide bonds. The summed E-state index contributed by atoms with van der Waals surface area (Å²) in [5, 5.41) is 0. The Balaban J connectivity index is 3.43. The lowest BCUT2D eigenvalue weighted by Crippen LogP contribution is -2.18. The number of aromatic nitrogens is 1. The Morgan fingerprint density at radius 2 is 1.88 bits per heavy atom. The van der Waals surface area contributed by atoms with Crippen molar-refractivity contribution in [2.45, 2.75) is 45.4 Å². The predicted molar refractivity (Wildman–Crippen MR) is 110 cm³/mol. The Morgan fingerprint density at radius 3 is 2.36 bits per heavy atom. The maximum absolute atomic E-state index is 15.2. The number of pyridine rings is 1. The van der Waals surface area contributed by atoms with Crippen LogP contribution in [0.1, 0.15) is 46.2 Å². The smallest absolute Gasteiger partial charge is 0.163 e. The number of unbranched alkanes of at least 4 members (excludes halogenated alkanes) is 1. The van der Waals surface area contributed by atoms with E-state index in [9.17, 15) is 8.94 Å². The van der Waals surface area contributed by atoms with Crippen LogP contribution in [0, 0.1) is 5.82 Å². The largest absolute Gasteiger partial charge is 0.591 e. The minimum atomic E-state index is -1.57. The van der Waals surface area contributed by atoms with Crippen LogP contribution in [0.3, 0.4) is 0 Å². The zero-order valence-electron chi connectivity index (χ0n) is 15.3. The van der Waals surface area contributed by atoms with Gasteiger partial charge in [-0.3, -0.25) is 0 Å². The van der Waals surface area contributed by atoms with Crippen molar-refractivity contribution >= 4 is 43.0 Å². The number of hydrogen-bond acceptors (Lipinski definition) is 3. The molecule has 25 heavy (non-hydrogen) atoms. The number of nitrogens with zero attached hydrogens (tertiary/aromatic N) is 2. The van der Waals surface area contributed by atoms with E-state index in [0.29, 0.717) is 15.3 Å². The van der Waals surface area contributed by atoms with Gasteiger partial charge in [0.15, 0.2) is 11.5 Å². The summed E-state index contributed by atoms with van der Waals surface area (Å²) in [7, 11) is -1.35. The molecule has 1 aromatic heterocycles. The third-order valence-corrected chi connectivity index (χ3v) is 10.3. The maximum atomic E-state index is 15.2. The summed E-state index contributed by atoms with van der Waals surface area (Å²) in [4.78, 5) is 4.70. The van der Waals surface area contributed by atoms with Gasteiger partial charge < -0.3 is 4.55 Å². The SMILES string of the molecule is CCCC[S+]([O-])/N=C(/CF)c1nc(Br)cc(S(CC)(CC)CC)c1F. The Labute approximate surface area is 162 Å². The van der Waals surface area contributed by atoms with Gasteiger partial charge in [-0.15, -0.1) is 0 Å². The van der Waals surface area contributed by atoms with Gasteiger partial charge in [-0.05, 0) is 45.7 Å². The van der Waals surface area contributed by atoms with E-state index in [-0.39, 0.29) is 11.4 Å². The van der Waals surface area contributed by atoms with Crippen molar-refractivity contribution in [1.82, 2.24) is 4.98 Å². The zero-order chi connectivity index (χ0) is 19.0. The van der Waals surface area contributed by atoms with E-state index in [1.165, 1.54) is 0 Å². The fraction of sp³-hybridized carbons (Fsp3) is 0.647. The quantitative estimate of drug-likeness (QED) is 0.267. The molecule has 0 fully saturated rings. The van der Waals surface area contributed by atoms with Crippen LogP contribution < -0.4 is 0 Å². The second-order valence-corrected chi connectivity index (χ2v) is 11.9. The van der Waals surface area contributed by atoms with Gasteiger partial charge in [0.2, 0.25) is 0 Å². The zero-order valence-corrected chi connectivity index (χ0v) is 18.5. The van der Waals surface area contributed by atoms with E-state index in [1.807, 2.05) is 6.92 Å². The summed E-state index contributed by atoms with van der Waals surface area (Å²) in [6.07, 6.45) is 1.60. The van der Waals surface area contributed by atoms with Crippen LogP contribution in [0.15, 0.2) is 20.0 Å². The number of halogens is 3. The number of rotatable bonds is 10. The summed E-state index contributed by atoms with van der Waals surface area (Å²) in [6.45, 7) is 7.14. The van der Waals surface area contributed by atoms with Crippen LogP contribution >= 0.6 is 26.0 Å². The molecule has 0 aliphatic rings. The molecule has 0 aliphatic carbocycles. The van der Waals surface area contributed by atoms with Crippen LogP contribution in [-0.4, -0.2) is 44.9 Å². The molecule has 1 unspecified atom stereocenters. The van der Waals surface area contributed by atoms with E-state index in [0.717, 1.165) is 30.1 Å². The first-order valence-electron chi connectivity index (χ1n) is 8.53. The van der Waals surface area contributed by atoms with Crippen molar-refractivity contribution in [3.8, 4) is 0 Å². The third-order valence-electron chi connectivity index (χ3n) is 4.30. The van der Waals surface area contributed by atoms with Crippen LogP contribution in [0.2, 0.25) is 0 Å². The molecule has 8 heteroatoms. The highest BCUT2D eigenvalue weighted by Gasteiger charge is 2.29. The van der Waals surface area contributed by atoms with Gasteiger partial charge >= 0.3 is 0 Å². The van der Waals surface area contributed by atoms with Crippen molar-refractivity contribution < 1.29 is 13.3 Å². The molecule has 0 spiro atoms. The highest BCUT2D eigenvalue weighted by Crippen LogP contribution is 2.56. The molecular weight excluding hydrogens is 430 g/mol. The molecular formula is C17H27BrF2N2OS2. The summed E-state index contributed by atoms with van der Waals surface area (Å²) in [6, 6.07) is 1.70. The molecule has 1 heterocycles. The van der Waals surface area contributed by atoms with Gasteiger partial charge in [0, 0.05) is 4.90 Å². The molecule has 0 radical (unpaired) electrons. The molecule has 0 saturated heterocycles. The fourth-order valence-corrected chi connectivity index (χ4v) is 7.19. The lowest BCUT2D eigenvalue weighted by Gasteiger charge is -2.38. The average Bonchev–Trinajstić information content (AvgIpc) is 2.62. The standard InChI is InChI=1S/C17H27BrF2N2OS2/c1-5-9-10-24(23)22-13(12-19)17-16(20)14(11-15(18)21-17)25(6-2,7-3)8-4/h11H,5-10,12H2,1-4H3/b22-13-. The molecule has 0 N–H and O–H groups in total. The van der Waals surface area contributed by atoms with Gasteiger partial charge in [-0.1, -0.05) is 38.5 Å². The second-order valence-electron chi connectivity index (χ2n) is 5.57. The Hall–Kier alpha value is -0.180. The van der Waals surface area contributed by atoms with Crippen molar-refractivity contribution in [1.29, 1.82) is 0 Å². The first-order valence-corrected chi connectivity index (χ1v) is 12.7. The molecule has 1 rings (SSSR count). The van der Waals surface area contributed by atoms with E-state index in [4.69, 9.17) is 0 Å². The number of hydrogen-bond donors (Lipinski definition) is 0. The molecule has 1 aromatic rings. The van der Waals surface area contributed by atoms with E-state index >= 15 is 4.39 Å². The Bertz CT molecular complexity index is 590. The molecule has 0 bridgehead atoms. The van der Waals surface area contributed by atoms with Gasteiger partial charge in [0.05, 0.1) is 11.4 Å². The minimum Gasteiger partial charge on any atom is -0.591 e. The number of alkyl halides is 1. The topological polar surface area (TPSA) is 48.3 Å². The second kappa shape index (κ2) is 10.8. The normalized spacial score (nSPS) is 14.6. The third kappa shape index (κ3) is 5.65. The van der Waals surface area contributed by atoms with Gasteiger partial charge in [0.1, 0.15) is 22.7 Å². The van der Waals surface area contributed by atoms with Gasteiger partial charge in [-0.25, -0.2) is 23.8 Å². The molecule has 1 atom stereocenters. The monoisotopic (exact) mass is 456 g/mol. The van der Waals surface area contributed by atoms with Crippen LogP contribution in [0.4, 0.5) is 8.78 Å². The highest BCUT2D eigenvalue weighted by atomic mass is 79.9. The van der Waals surface area contributed by atoms with Crippen molar-refractivity contribution in [3.05, 3.63) is 22.2 Å². The van der Waals surface area contributed by atoms with E-state index < -0.39 is 33.9 Å². The first-order chi connectivity index (χ1) is 11.9. The Kier molecular flexibility index (Phi) is 9.92.